The summed E-state index contributed by atoms with van der Waals surface area (Å²) >= 11 is 0. The summed E-state index contributed by atoms with van der Waals surface area (Å²) in [7, 11) is -5.39. The first kappa shape index (κ1) is 25.3. The van der Waals surface area contributed by atoms with Crippen molar-refractivity contribution in [2.24, 2.45) is 0 Å². The molecule has 1 aromatic carbocycles. The first-order valence-electron chi connectivity index (χ1n) is 9.00. The summed E-state index contributed by atoms with van der Waals surface area (Å²) in [5.41, 5.74) is 1.38. The first-order valence-corrected chi connectivity index (χ1v) is 10.5. The molecule has 0 fully saturated rings. The third kappa shape index (κ3) is 13.2. The van der Waals surface area contributed by atoms with Crippen molar-refractivity contribution >= 4 is 19.6 Å². The van der Waals surface area contributed by atoms with E-state index in [4.69, 9.17) is 24.4 Å². The van der Waals surface area contributed by atoms with Crippen LogP contribution in [0, 0.1) is 0 Å². The Hall–Kier alpha value is -1.66. The van der Waals surface area contributed by atoms with E-state index in [0.29, 0.717) is 5.56 Å². The second-order valence-electron chi connectivity index (χ2n) is 6.23. The van der Waals surface area contributed by atoms with Crippen LogP contribution in [0.1, 0.15) is 69.9 Å². The van der Waals surface area contributed by atoms with E-state index >= 15 is 0 Å². The van der Waals surface area contributed by atoms with Gasteiger partial charge in [-0.3, -0.25) is 0 Å². The number of aliphatic carboxylic acids is 1. The van der Waals surface area contributed by atoms with Gasteiger partial charge in [-0.15, -0.1) is 0 Å². The van der Waals surface area contributed by atoms with Crippen LogP contribution in [0.5, 0.6) is 0 Å². The standard InChI is InChI=1S/C19H28O3.H3O4P/c1-3-4-5-6-7-8-9-12-16-13-10-11-14-17(16)18(20)15(2)19(21)22;1-5(2,3)4/h10-11,13-14,20H,3-9,12H2,1-2H3,(H,21,22);(H3,1,2,3,4)/p-4/b18-15-;. The molecule has 0 radical (unpaired) electrons. The minimum absolute atomic E-state index is 0.119. The van der Waals surface area contributed by atoms with Crippen LogP contribution >= 0.6 is 7.82 Å². The molecule has 1 aromatic rings. The van der Waals surface area contributed by atoms with Crippen molar-refractivity contribution in [3.8, 4) is 0 Å². The second-order valence-corrected chi connectivity index (χ2v) is 7.13. The molecule has 0 aliphatic carbocycles. The minimum Gasteiger partial charge on any atom is -0.872 e. The largest absolute Gasteiger partial charge is 0.872 e. The molecule has 0 amide bonds. The zero-order valence-electron chi connectivity index (χ0n) is 15.8. The highest BCUT2D eigenvalue weighted by molar-refractivity contribution is 7.40. The van der Waals surface area contributed by atoms with Gasteiger partial charge in [0.2, 0.25) is 0 Å². The first-order chi connectivity index (χ1) is 12.6. The zero-order valence-corrected chi connectivity index (χ0v) is 16.7. The Morgan fingerprint density at radius 1 is 1.00 bits per heavy atom. The Kier molecular flexibility index (Phi) is 12.7. The number of benzene rings is 1. The predicted molar refractivity (Wildman–Crippen MR) is 96.0 cm³/mol. The smallest absolute Gasteiger partial charge is 0.330 e. The lowest BCUT2D eigenvalue weighted by atomic mass is 9.97. The topological polar surface area (TPSA) is 147 Å². The van der Waals surface area contributed by atoms with Crippen molar-refractivity contribution in [1.29, 1.82) is 0 Å². The van der Waals surface area contributed by atoms with Crippen LogP contribution in [0.4, 0.5) is 0 Å². The highest BCUT2D eigenvalue weighted by Crippen LogP contribution is 2.20. The second kappa shape index (κ2) is 13.5. The molecule has 0 aromatic heterocycles. The summed E-state index contributed by atoms with van der Waals surface area (Å²) in [5, 5.41) is 21.2. The van der Waals surface area contributed by atoms with E-state index in [2.05, 4.69) is 6.92 Å². The molecule has 0 saturated carbocycles. The maximum atomic E-state index is 12.2. The normalized spacial score (nSPS) is 12.0. The number of carboxylic acids is 1. The molecule has 8 heteroatoms. The molecule has 7 nitrogen and oxygen atoms in total. The van der Waals surface area contributed by atoms with Gasteiger partial charge in [-0.05, 0) is 30.9 Å². The highest BCUT2D eigenvalue weighted by atomic mass is 31.2. The van der Waals surface area contributed by atoms with Crippen LogP contribution in [0.3, 0.4) is 0 Å². The van der Waals surface area contributed by atoms with E-state index < -0.39 is 13.8 Å². The molecule has 0 atom stereocenters. The maximum absolute atomic E-state index is 12.2. The molecule has 1 rings (SSSR count). The fourth-order valence-corrected chi connectivity index (χ4v) is 2.53. The lowest BCUT2D eigenvalue weighted by Crippen LogP contribution is -2.24. The average molecular weight is 398 g/mol. The van der Waals surface area contributed by atoms with Crippen molar-refractivity contribution in [3.63, 3.8) is 0 Å². The summed E-state index contributed by atoms with van der Waals surface area (Å²) in [6.45, 7) is 3.58. The number of unbranched alkanes of at least 4 members (excludes halogenated alkanes) is 6. The van der Waals surface area contributed by atoms with Crippen LogP contribution in [0.25, 0.3) is 5.76 Å². The lowest BCUT2D eigenvalue weighted by Gasteiger charge is -2.36. The molecule has 0 heterocycles. The molecule has 0 aliphatic rings. The van der Waals surface area contributed by atoms with E-state index in [0.717, 1.165) is 24.8 Å². The number of hydrogen-bond acceptors (Lipinski definition) is 6. The van der Waals surface area contributed by atoms with Gasteiger partial charge in [-0.2, -0.15) is 7.82 Å². The lowest BCUT2D eigenvalue weighted by molar-refractivity contribution is -0.432. The molecule has 0 unspecified atom stereocenters. The van der Waals surface area contributed by atoms with Crippen molar-refractivity contribution < 1.29 is 34.3 Å². The number of carbonyl (C=O) groups is 1. The summed E-state index contributed by atoms with van der Waals surface area (Å²) in [4.78, 5) is 36.6. The molecule has 0 saturated heterocycles. The van der Waals surface area contributed by atoms with E-state index in [1.807, 2.05) is 12.1 Å². The predicted octanol–water partition coefficient (Wildman–Crippen LogP) is 1.33. The number of phosphoric acid groups is 1. The van der Waals surface area contributed by atoms with Crippen molar-refractivity contribution in [2.75, 3.05) is 0 Å². The van der Waals surface area contributed by atoms with Gasteiger partial charge >= 0.3 is 5.97 Å². The third-order valence-corrected chi connectivity index (χ3v) is 3.97. The fourth-order valence-electron chi connectivity index (χ4n) is 2.53. The summed E-state index contributed by atoms with van der Waals surface area (Å²) in [6, 6.07) is 7.35. The van der Waals surface area contributed by atoms with Gasteiger partial charge in [0.15, 0.2) is 0 Å². The third-order valence-electron chi connectivity index (χ3n) is 3.97. The molecule has 0 aliphatic heterocycles. The van der Waals surface area contributed by atoms with Gasteiger partial charge < -0.3 is 29.5 Å². The van der Waals surface area contributed by atoms with E-state index in [9.17, 15) is 9.90 Å². The van der Waals surface area contributed by atoms with Gasteiger partial charge in [0.1, 0.15) is 0 Å². The number of rotatable bonds is 10. The molecule has 0 bridgehead atoms. The minimum atomic E-state index is -5.39. The van der Waals surface area contributed by atoms with Crippen LogP contribution in [0.2, 0.25) is 0 Å². The Bertz CT molecular complexity index is 641. The molecule has 27 heavy (non-hydrogen) atoms. The Morgan fingerprint density at radius 3 is 2.00 bits per heavy atom. The van der Waals surface area contributed by atoms with Crippen LogP contribution < -0.4 is 19.8 Å². The van der Waals surface area contributed by atoms with Crippen molar-refractivity contribution in [1.82, 2.24) is 0 Å². The monoisotopic (exact) mass is 398 g/mol. The van der Waals surface area contributed by atoms with Crippen molar-refractivity contribution in [3.05, 3.63) is 41.0 Å². The Balaban J connectivity index is 0.00000119. The van der Waals surface area contributed by atoms with E-state index in [1.54, 1.807) is 12.1 Å². The highest BCUT2D eigenvalue weighted by Gasteiger charge is 2.07. The zero-order chi connectivity index (χ0) is 20.9. The van der Waals surface area contributed by atoms with Crippen LogP contribution in [-0.4, -0.2) is 11.1 Å². The van der Waals surface area contributed by atoms with Gasteiger partial charge in [0, 0.05) is 5.57 Å². The quantitative estimate of drug-likeness (QED) is 0.271. The van der Waals surface area contributed by atoms with E-state index in [-0.39, 0.29) is 11.3 Å². The van der Waals surface area contributed by atoms with Crippen LogP contribution in [0.15, 0.2) is 29.8 Å². The fraction of sp³-hybridized carbons (Fsp3) is 0.526. The van der Waals surface area contributed by atoms with Gasteiger partial charge in [-0.25, -0.2) is 4.79 Å². The molecule has 1 N–H and O–H groups in total. The summed E-state index contributed by atoms with van der Waals surface area (Å²) in [5.74, 6) is -1.51. The SMILES string of the molecule is CCCCCCCCCc1ccccc1/C([O-])=C(\C)C(=O)O.O=P([O-])([O-])[O-]. The maximum Gasteiger partial charge on any atom is 0.330 e. The molecular formula is C19H27O7P-4. The van der Waals surface area contributed by atoms with Gasteiger partial charge in [-0.1, -0.05) is 75.5 Å². The van der Waals surface area contributed by atoms with E-state index in [1.165, 1.54) is 39.0 Å². The van der Waals surface area contributed by atoms with Gasteiger partial charge in [0.25, 0.3) is 0 Å². The van der Waals surface area contributed by atoms with Crippen molar-refractivity contribution in [2.45, 2.75) is 65.2 Å². The number of aryl methyl sites for hydroxylation is 1. The number of hydrogen-bond donors (Lipinski definition) is 1. The Morgan fingerprint density at radius 2 is 1.48 bits per heavy atom. The number of carboxylic acid groups (broad SMARTS) is 1. The van der Waals surface area contributed by atoms with Gasteiger partial charge in [0.05, 0.1) is 0 Å². The summed E-state index contributed by atoms with van der Waals surface area (Å²) < 4.78 is 8.55. The summed E-state index contributed by atoms with van der Waals surface area (Å²) in [6.07, 6.45) is 9.42. The molecule has 0 spiro atoms. The molecule has 154 valence electrons. The Labute approximate surface area is 160 Å². The van der Waals surface area contributed by atoms with Crippen LogP contribution in [-0.2, 0) is 15.8 Å². The average Bonchev–Trinajstić information content (AvgIpc) is 2.58. The molecular weight excluding hydrogens is 371 g/mol.